The molecule has 0 spiro atoms. The van der Waals surface area contributed by atoms with E-state index in [1.54, 1.807) is 0 Å². The van der Waals surface area contributed by atoms with Gasteiger partial charge in [-0.05, 0) is 24.1 Å². The van der Waals surface area contributed by atoms with E-state index in [9.17, 15) is 18.3 Å². The van der Waals surface area contributed by atoms with Crippen molar-refractivity contribution in [1.29, 1.82) is 0 Å². The van der Waals surface area contributed by atoms with Crippen molar-refractivity contribution >= 4 is 32.4 Å². The Bertz CT molecular complexity index is 952. The Labute approximate surface area is 167 Å². The molecule has 1 aromatic heterocycles. The number of carbonyl (C=O) groups is 1. The Morgan fingerprint density at radius 3 is 2.71 bits per heavy atom. The number of ether oxygens (including phenoxy) is 1. The number of phenols is 1. The van der Waals surface area contributed by atoms with Gasteiger partial charge in [0.1, 0.15) is 10.8 Å². The highest BCUT2D eigenvalue weighted by molar-refractivity contribution is 7.89. The lowest BCUT2D eigenvalue weighted by Gasteiger charge is -2.26. The topological polar surface area (TPSA) is 122 Å². The first-order chi connectivity index (χ1) is 13.3. The fourth-order valence-electron chi connectivity index (χ4n) is 2.69. The number of rotatable bonds is 6. The summed E-state index contributed by atoms with van der Waals surface area (Å²) in [6.45, 7) is 5.24. The molecule has 2 heterocycles. The maximum absolute atomic E-state index is 12.8. The molecule has 1 saturated heterocycles. The smallest absolute Gasteiger partial charge is 0.261 e. The van der Waals surface area contributed by atoms with Crippen LogP contribution in [-0.2, 0) is 21.2 Å². The molecule has 11 heteroatoms. The molecule has 1 amide bonds. The monoisotopic (exact) mass is 426 g/mol. The molecular formula is C17H22N4O5S2. The maximum atomic E-state index is 12.8. The maximum Gasteiger partial charge on any atom is 0.261 e. The summed E-state index contributed by atoms with van der Waals surface area (Å²) in [5.41, 5.74) is -0.144. The van der Waals surface area contributed by atoms with Gasteiger partial charge < -0.3 is 9.84 Å². The average molecular weight is 427 g/mol. The molecule has 0 radical (unpaired) electrons. The van der Waals surface area contributed by atoms with Crippen molar-refractivity contribution in [2.75, 3.05) is 31.6 Å². The normalized spacial score (nSPS) is 15.7. The third-order valence-corrected chi connectivity index (χ3v) is 6.85. The number of benzene rings is 1. The van der Waals surface area contributed by atoms with Crippen LogP contribution in [0, 0.1) is 5.92 Å². The second-order valence-corrected chi connectivity index (χ2v) is 9.75. The van der Waals surface area contributed by atoms with Gasteiger partial charge in [-0.15, -0.1) is 10.2 Å². The molecule has 2 N–H and O–H groups in total. The lowest BCUT2D eigenvalue weighted by Crippen LogP contribution is -2.40. The largest absolute Gasteiger partial charge is 0.507 e. The fraction of sp³-hybridized carbons (Fsp3) is 0.471. The zero-order valence-corrected chi connectivity index (χ0v) is 17.2. The van der Waals surface area contributed by atoms with Crippen LogP contribution in [0.4, 0.5) is 5.13 Å². The van der Waals surface area contributed by atoms with Crippen LogP contribution in [0.2, 0.25) is 0 Å². The molecule has 1 aromatic carbocycles. The van der Waals surface area contributed by atoms with Crippen LogP contribution in [0.5, 0.6) is 5.75 Å². The minimum atomic E-state index is -3.78. The summed E-state index contributed by atoms with van der Waals surface area (Å²) in [5.74, 6) is -0.559. The van der Waals surface area contributed by atoms with E-state index in [-0.39, 0.29) is 29.3 Å². The van der Waals surface area contributed by atoms with Gasteiger partial charge in [0.05, 0.1) is 23.7 Å². The molecule has 0 saturated carbocycles. The molecule has 0 atom stereocenters. The van der Waals surface area contributed by atoms with Crippen LogP contribution in [0.1, 0.15) is 29.2 Å². The predicted molar refractivity (Wildman–Crippen MR) is 104 cm³/mol. The molecule has 1 aliphatic heterocycles. The number of phenolic OH excluding ortho intramolecular Hbond substituents is 1. The van der Waals surface area contributed by atoms with E-state index in [4.69, 9.17) is 4.74 Å². The Morgan fingerprint density at radius 2 is 2.04 bits per heavy atom. The number of anilines is 1. The van der Waals surface area contributed by atoms with E-state index >= 15 is 0 Å². The van der Waals surface area contributed by atoms with Crippen molar-refractivity contribution in [3.8, 4) is 5.75 Å². The summed E-state index contributed by atoms with van der Waals surface area (Å²) in [7, 11) is -3.78. The summed E-state index contributed by atoms with van der Waals surface area (Å²) in [5, 5.41) is 21.7. The van der Waals surface area contributed by atoms with E-state index in [2.05, 4.69) is 29.4 Å². The fourth-order valence-corrected chi connectivity index (χ4v) is 5.08. The van der Waals surface area contributed by atoms with Crippen molar-refractivity contribution in [3.05, 3.63) is 28.8 Å². The van der Waals surface area contributed by atoms with Gasteiger partial charge in [-0.25, -0.2) is 8.42 Å². The first-order valence-corrected chi connectivity index (χ1v) is 11.1. The summed E-state index contributed by atoms with van der Waals surface area (Å²) in [6, 6.07) is 3.65. The highest BCUT2D eigenvalue weighted by Crippen LogP contribution is 2.26. The van der Waals surface area contributed by atoms with Crippen molar-refractivity contribution in [2.45, 2.75) is 25.2 Å². The molecule has 0 aliphatic carbocycles. The van der Waals surface area contributed by atoms with Gasteiger partial charge >= 0.3 is 0 Å². The summed E-state index contributed by atoms with van der Waals surface area (Å²) < 4.78 is 32.0. The second-order valence-electron chi connectivity index (χ2n) is 6.75. The number of aromatic nitrogens is 2. The van der Waals surface area contributed by atoms with Crippen molar-refractivity contribution < 1.29 is 23.1 Å². The Hall–Kier alpha value is -2.08. The van der Waals surface area contributed by atoms with Crippen molar-refractivity contribution in [3.63, 3.8) is 0 Å². The van der Waals surface area contributed by atoms with Gasteiger partial charge in [-0.2, -0.15) is 4.31 Å². The first-order valence-electron chi connectivity index (χ1n) is 8.82. The van der Waals surface area contributed by atoms with Crippen LogP contribution < -0.4 is 5.32 Å². The molecule has 1 fully saturated rings. The standard InChI is InChI=1S/C17H22N4O5S2/c1-11(2)9-15-19-20-17(27-15)18-16(23)13-10-12(3-4-14(13)22)28(24,25)21-5-7-26-8-6-21/h3-4,10-11,22H,5-9H2,1-2H3,(H,18,20,23). The highest BCUT2D eigenvalue weighted by Gasteiger charge is 2.28. The zero-order chi connectivity index (χ0) is 20.3. The van der Waals surface area contributed by atoms with Gasteiger partial charge in [0, 0.05) is 19.5 Å². The van der Waals surface area contributed by atoms with E-state index < -0.39 is 15.9 Å². The van der Waals surface area contributed by atoms with Gasteiger partial charge in [-0.3, -0.25) is 10.1 Å². The summed E-state index contributed by atoms with van der Waals surface area (Å²) >= 11 is 1.25. The highest BCUT2D eigenvalue weighted by atomic mass is 32.2. The molecule has 28 heavy (non-hydrogen) atoms. The van der Waals surface area contributed by atoms with Gasteiger partial charge in [0.15, 0.2) is 0 Å². The Kier molecular flexibility index (Phi) is 6.28. The van der Waals surface area contributed by atoms with Gasteiger partial charge in [0.25, 0.3) is 5.91 Å². The molecule has 2 aromatic rings. The van der Waals surface area contributed by atoms with Gasteiger partial charge in [0.2, 0.25) is 15.2 Å². The molecular weight excluding hydrogens is 404 g/mol. The van der Waals surface area contributed by atoms with Crippen LogP contribution in [0.3, 0.4) is 0 Å². The van der Waals surface area contributed by atoms with E-state index in [0.29, 0.717) is 24.3 Å². The molecule has 3 rings (SSSR count). The molecule has 0 bridgehead atoms. The quantitative estimate of drug-likeness (QED) is 0.721. The van der Waals surface area contributed by atoms with E-state index in [1.807, 2.05) is 0 Å². The number of aromatic hydroxyl groups is 1. The van der Waals surface area contributed by atoms with Crippen molar-refractivity contribution in [1.82, 2.24) is 14.5 Å². The van der Waals surface area contributed by atoms with Crippen LogP contribution >= 0.6 is 11.3 Å². The van der Waals surface area contributed by atoms with Crippen LogP contribution in [0.15, 0.2) is 23.1 Å². The van der Waals surface area contributed by atoms with Crippen molar-refractivity contribution in [2.24, 2.45) is 5.92 Å². The summed E-state index contributed by atoms with van der Waals surface area (Å²) in [4.78, 5) is 12.5. The number of hydrogen-bond acceptors (Lipinski definition) is 8. The van der Waals surface area contributed by atoms with Crippen LogP contribution in [0.25, 0.3) is 0 Å². The molecule has 9 nitrogen and oxygen atoms in total. The minimum Gasteiger partial charge on any atom is -0.507 e. The number of amides is 1. The second kappa shape index (κ2) is 8.52. The molecule has 1 aliphatic rings. The minimum absolute atomic E-state index is 0.0601. The average Bonchev–Trinajstić information content (AvgIpc) is 3.08. The third-order valence-electron chi connectivity index (χ3n) is 4.09. The first kappa shape index (κ1) is 20.6. The van der Waals surface area contributed by atoms with Gasteiger partial charge in [-0.1, -0.05) is 25.2 Å². The SMILES string of the molecule is CC(C)Cc1nnc(NC(=O)c2cc(S(=O)(=O)N3CCOCC3)ccc2O)s1. The molecule has 0 unspecified atom stereocenters. The number of sulfonamides is 1. The number of nitrogens with zero attached hydrogens (tertiary/aromatic N) is 3. The predicted octanol–water partition coefficient (Wildman–Crippen LogP) is 1.72. The third kappa shape index (κ3) is 4.66. The Morgan fingerprint density at radius 1 is 1.32 bits per heavy atom. The number of nitrogens with one attached hydrogen (secondary N) is 1. The number of carbonyl (C=O) groups excluding carboxylic acids is 1. The van der Waals surface area contributed by atoms with E-state index in [1.165, 1.54) is 33.8 Å². The van der Waals surface area contributed by atoms with Crippen LogP contribution in [-0.4, -0.2) is 60.2 Å². The van der Waals surface area contributed by atoms with E-state index in [0.717, 1.165) is 11.4 Å². The summed E-state index contributed by atoms with van der Waals surface area (Å²) in [6.07, 6.45) is 0.742. The lowest BCUT2D eigenvalue weighted by atomic mass is 10.1. The lowest BCUT2D eigenvalue weighted by molar-refractivity contribution is 0.0730. The number of hydrogen-bond donors (Lipinski definition) is 2. The Balaban J connectivity index is 1.80. The zero-order valence-electron chi connectivity index (χ0n) is 15.6. The molecule has 152 valence electrons. The number of morpholine rings is 1.